The molecule has 0 radical (unpaired) electrons. The van der Waals surface area contributed by atoms with E-state index in [1.165, 1.54) is 9.59 Å². The fourth-order valence-corrected chi connectivity index (χ4v) is 3.62. The minimum absolute atomic E-state index is 0.582. The number of hydrogen-bond acceptors (Lipinski definition) is 6. The van der Waals surface area contributed by atoms with Crippen LogP contribution in [0.15, 0.2) is 109 Å². The Morgan fingerprint density at radius 2 is 0.735 bits per heavy atom. The van der Waals surface area contributed by atoms with Gasteiger partial charge in [0.25, 0.3) is 0 Å². The summed E-state index contributed by atoms with van der Waals surface area (Å²) < 4.78 is 0. The predicted octanol–water partition coefficient (Wildman–Crippen LogP) is 4.64. The van der Waals surface area contributed by atoms with Gasteiger partial charge in [-0.1, -0.05) is 84.9 Å². The van der Waals surface area contributed by atoms with Gasteiger partial charge >= 0.3 is 0 Å². The van der Waals surface area contributed by atoms with Gasteiger partial charge in [-0.2, -0.15) is 0 Å². The van der Waals surface area contributed by atoms with Crippen LogP contribution < -0.4 is 0 Å². The standard InChI is InChI=1S/C26H18N8/c1-3-7-23(8-4-1)33-29-25(27-31-33)21-15-11-19(12-16-21)20-13-17-22(18-14-20)26-28-32-34(30-26)24-9-5-2-6-10-24/h1-18H. The van der Waals surface area contributed by atoms with E-state index in [1.807, 2.05) is 84.9 Å². The summed E-state index contributed by atoms with van der Waals surface area (Å²) in [6.45, 7) is 0. The highest BCUT2D eigenvalue weighted by molar-refractivity contribution is 5.70. The van der Waals surface area contributed by atoms with Crippen LogP contribution in [0.25, 0.3) is 45.3 Å². The Balaban J connectivity index is 1.20. The van der Waals surface area contributed by atoms with Crippen LogP contribution in [-0.2, 0) is 0 Å². The molecule has 0 saturated heterocycles. The van der Waals surface area contributed by atoms with Gasteiger partial charge in [0.05, 0.1) is 11.4 Å². The molecule has 2 aromatic heterocycles. The van der Waals surface area contributed by atoms with Crippen LogP contribution in [0.3, 0.4) is 0 Å². The zero-order valence-electron chi connectivity index (χ0n) is 18.0. The Morgan fingerprint density at radius 3 is 1.12 bits per heavy atom. The molecule has 0 aliphatic carbocycles. The van der Waals surface area contributed by atoms with Crippen molar-refractivity contribution in [3.63, 3.8) is 0 Å². The van der Waals surface area contributed by atoms with Crippen molar-refractivity contribution in [1.82, 2.24) is 40.4 Å². The summed E-state index contributed by atoms with van der Waals surface area (Å²) in [5.74, 6) is 1.16. The van der Waals surface area contributed by atoms with Gasteiger partial charge in [-0.3, -0.25) is 0 Å². The minimum atomic E-state index is 0.582. The molecule has 6 rings (SSSR count). The van der Waals surface area contributed by atoms with Gasteiger partial charge in [0.1, 0.15) is 0 Å². The molecule has 0 aliphatic rings. The SMILES string of the molecule is c1ccc(-n2nnc(-c3ccc(-c4ccc(-c5nnn(-c6ccccc6)n5)cc4)cc3)n2)cc1. The third-order valence-electron chi connectivity index (χ3n) is 5.42. The highest BCUT2D eigenvalue weighted by Gasteiger charge is 2.10. The van der Waals surface area contributed by atoms with Gasteiger partial charge in [0.15, 0.2) is 0 Å². The fourth-order valence-electron chi connectivity index (χ4n) is 3.62. The molecule has 4 aromatic carbocycles. The van der Waals surface area contributed by atoms with E-state index < -0.39 is 0 Å². The summed E-state index contributed by atoms with van der Waals surface area (Å²) in [6, 6.07) is 35.7. The summed E-state index contributed by atoms with van der Waals surface area (Å²) in [4.78, 5) is 3.06. The van der Waals surface area contributed by atoms with E-state index in [-0.39, 0.29) is 0 Å². The summed E-state index contributed by atoms with van der Waals surface area (Å²) in [7, 11) is 0. The molecule has 8 nitrogen and oxygen atoms in total. The lowest BCUT2D eigenvalue weighted by atomic mass is 10.0. The Hall–Kier alpha value is -4.98. The summed E-state index contributed by atoms with van der Waals surface area (Å²) >= 11 is 0. The largest absolute Gasteiger partial charge is 0.205 e. The average Bonchev–Trinajstić information content (AvgIpc) is 3.61. The van der Waals surface area contributed by atoms with E-state index in [4.69, 9.17) is 0 Å². The zero-order chi connectivity index (χ0) is 22.7. The second kappa shape index (κ2) is 8.51. The number of benzene rings is 4. The van der Waals surface area contributed by atoms with Crippen LogP contribution >= 0.6 is 0 Å². The number of rotatable bonds is 5. The Labute approximate surface area is 195 Å². The number of hydrogen-bond donors (Lipinski definition) is 0. The normalized spacial score (nSPS) is 10.9. The van der Waals surface area contributed by atoms with Crippen molar-refractivity contribution >= 4 is 0 Å². The number of aromatic nitrogens is 8. The average molecular weight is 442 g/mol. The maximum absolute atomic E-state index is 4.49. The van der Waals surface area contributed by atoms with Gasteiger partial charge in [-0.25, -0.2) is 0 Å². The second-order valence-corrected chi connectivity index (χ2v) is 7.63. The quantitative estimate of drug-likeness (QED) is 0.387. The molecule has 6 aromatic rings. The van der Waals surface area contributed by atoms with E-state index in [2.05, 4.69) is 55.1 Å². The van der Waals surface area contributed by atoms with Gasteiger partial charge < -0.3 is 0 Å². The predicted molar refractivity (Wildman–Crippen MR) is 128 cm³/mol. The molecule has 8 heteroatoms. The molecular weight excluding hydrogens is 424 g/mol. The molecule has 0 amide bonds. The van der Waals surface area contributed by atoms with E-state index in [0.717, 1.165) is 33.6 Å². The van der Waals surface area contributed by atoms with Crippen molar-refractivity contribution in [3.05, 3.63) is 109 Å². The van der Waals surface area contributed by atoms with Crippen LogP contribution in [-0.4, -0.2) is 40.4 Å². The summed E-state index contributed by atoms with van der Waals surface area (Å²) in [5, 5.41) is 25.7. The molecule has 0 unspecified atom stereocenters. The van der Waals surface area contributed by atoms with E-state index in [9.17, 15) is 0 Å². The second-order valence-electron chi connectivity index (χ2n) is 7.63. The lowest BCUT2D eigenvalue weighted by Gasteiger charge is -2.04. The maximum Gasteiger partial charge on any atom is 0.205 e. The summed E-state index contributed by atoms with van der Waals surface area (Å²) in [6.07, 6.45) is 0. The fraction of sp³-hybridized carbons (Fsp3) is 0. The van der Waals surface area contributed by atoms with Crippen LogP contribution in [0.2, 0.25) is 0 Å². The van der Waals surface area contributed by atoms with Crippen LogP contribution in [0.5, 0.6) is 0 Å². The van der Waals surface area contributed by atoms with Crippen molar-refractivity contribution < 1.29 is 0 Å². The van der Waals surface area contributed by atoms with E-state index >= 15 is 0 Å². The minimum Gasteiger partial charge on any atom is -0.130 e. The lowest BCUT2D eigenvalue weighted by molar-refractivity contribution is 0.720. The first kappa shape index (κ1) is 19.7. The van der Waals surface area contributed by atoms with Gasteiger partial charge in [0, 0.05) is 11.1 Å². The molecule has 0 bridgehead atoms. The van der Waals surface area contributed by atoms with Crippen LogP contribution in [0.1, 0.15) is 0 Å². The summed E-state index contributed by atoms with van der Waals surface area (Å²) in [5.41, 5.74) is 5.74. The highest BCUT2D eigenvalue weighted by atomic mass is 15.6. The molecule has 0 saturated carbocycles. The number of tetrazole rings is 2. The van der Waals surface area contributed by atoms with Gasteiger partial charge in [-0.05, 0) is 45.8 Å². The smallest absolute Gasteiger partial charge is 0.130 e. The topological polar surface area (TPSA) is 87.2 Å². The van der Waals surface area contributed by atoms with Crippen molar-refractivity contribution in [1.29, 1.82) is 0 Å². The first-order valence-electron chi connectivity index (χ1n) is 10.8. The third kappa shape index (κ3) is 3.84. The van der Waals surface area contributed by atoms with Crippen molar-refractivity contribution in [2.24, 2.45) is 0 Å². The van der Waals surface area contributed by atoms with E-state index in [0.29, 0.717) is 11.6 Å². The van der Waals surface area contributed by atoms with Gasteiger partial charge in [0.2, 0.25) is 11.6 Å². The monoisotopic (exact) mass is 442 g/mol. The number of para-hydroxylation sites is 2. The van der Waals surface area contributed by atoms with Crippen molar-refractivity contribution in [3.8, 4) is 45.3 Å². The van der Waals surface area contributed by atoms with Crippen molar-refractivity contribution in [2.45, 2.75) is 0 Å². The molecule has 0 fully saturated rings. The highest BCUT2D eigenvalue weighted by Crippen LogP contribution is 2.25. The third-order valence-corrected chi connectivity index (χ3v) is 5.42. The number of nitrogens with zero attached hydrogens (tertiary/aromatic N) is 8. The van der Waals surface area contributed by atoms with Crippen LogP contribution in [0.4, 0.5) is 0 Å². The molecule has 34 heavy (non-hydrogen) atoms. The molecular formula is C26H18N8. The Bertz CT molecular complexity index is 1400. The first-order valence-corrected chi connectivity index (χ1v) is 10.8. The maximum atomic E-state index is 4.49. The lowest BCUT2D eigenvalue weighted by Crippen LogP contribution is -1.98. The van der Waals surface area contributed by atoms with Gasteiger partial charge in [-0.15, -0.1) is 30.0 Å². The van der Waals surface area contributed by atoms with E-state index in [1.54, 1.807) is 0 Å². The molecule has 162 valence electrons. The molecule has 0 atom stereocenters. The first-order chi connectivity index (χ1) is 16.8. The molecule has 2 heterocycles. The van der Waals surface area contributed by atoms with Crippen LogP contribution in [0, 0.1) is 0 Å². The molecule has 0 aliphatic heterocycles. The molecule has 0 spiro atoms. The molecule has 0 N–H and O–H groups in total. The van der Waals surface area contributed by atoms with Crippen molar-refractivity contribution in [2.75, 3.05) is 0 Å². The Morgan fingerprint density at radius 1 is 0.382 bits per heavy atom. The Kier molecular flexibility index (Phi) is 4.93. The zero-order valence-corrected chi connectivity index (χ0v) is 18.0.